The number of ether oxygens (including phenoxy) is 1. The lowest BCUT2D eigenvalue weighted by Crippen LogP contribution is -1.97. The van der Waals surface area contributed by atoms with Gasteiger partial charge in [-0.15, -0.1) is 0 Å². The summed E-state index contributed by atoms with van der Waals surface area (Å²) < 4.78 is 5.33. The third-order valence-electron chi connectivity index (χ3n) is 2.75. The Hall–Kier alpha value is -1.60. The van der Waals surface area contributed by atoms with Gasteiger partial charge in [-0.25, -0.2) is 9.79 Å². The summed E-state index contributed by atoms with van der Waals surface area (Å²) in [5, 5.41) is 0. The fourth-order valence-electron chi connectivity index (χ4n) is 1.75. The zero-order valence-electron chi connectivity index (χ0n) is 10.7. The Kier molecular flexibility index (Phi) is 5.44. The Morgan fingerprint density at radius 1 is 1.41 bits per heavy atom. The summed E-state index contributed by atoms with van der Waals surface area (Å²) in [7, 11) is 1.68. The van der Waals surface area contributed by atoms with E-state index in [9.17, 15) is 4.79 Å². The second-order valence-electron chi connectivity index (χ2n) is 4.30. The molecule has 3 heteroatoms. The monoisotopic (exact) mass is 233 g/mol. The number of aryl methyl sites for hydroxylation is 1. The molecule has 0 aliphatic heterocycles. The molecule has 0 amide bonds. The molecule has 0 aliphatic rings. The van der Waals surface area contributed by atoms with Gasteiger partial charge in [0.05, 0.1) is 13.7 Å². The van der Waals surface area contributed by atoms with Crippen molar-refractivity contribution in [3.8, 4) is 5.75 Å². The van der Waals surface area contributed by atoms with Crippen LogP contribution >= 0.6 is 0 Å². The summed E-state index contributed by atoms with van der Waals surface area (Å²) in [6.45, 7) is 4.86. The second-order valence-corrected chi connectivity index (χ2v) is 4.30. The van der Waals surface area contributed by atoms with E-state index in [4.69, 9.17) is 4.74 Å². The second kappa shape index (κ2) is 6.87. The van der Waals surface area contributed by atoms with Crippen molar-refractivity contribution < 1.29 is 9.53 Å². The van der Waals surface area contributed by atoms with Gasteiger partial charge in [0.2, 0.25) is 6.08 Å². The van der Waals surface area contributed by atoms with E-state index < -0.39 is 0 Å². The molecule has 0 unspecified atom stereocenters. The molecule has 1 rings (SSSR count). The minimum absolute atomic E-state index is 0.507. The molecule has 0 aromatic heterocycles. The van der Waals surface area contributed by atoms with Crippen molar-refractivity contribution in [2.75, 3.05) is 13.7 Å². The molecule has 17 heavy (non-hydrogen) atoms. The van der Waals surface area contributed by atoms with E-state index in [1.54, 1.807) is 13.2 Å². The van der Waals surface area contributed by atoms with Crippen LogP contribution in [0.4, 0.5) is 0 Å². The van der Waals surface area contributed by atoms with Crippen LogP contribution in [-0.2, 0) is 11.2 Å². The zero-order chi connectivity index (χ0) is 12.7. The van der Waals surface area contributed by atoms with Crippen LogP contribution in [0.1, 0.15) is 37.3 Å². The van der Waals surface area contributed by atoms with Crippen molar-refractivity contribution >= 4 is 6.08 Å². The van der Waals surface area contributed by atoms with E-state index in [0.29, 0.717) is 12.5 Å². The van der Waals surface area contributed by atoms with Crippen LogP contribution in [0.5, 0.6) is 5.75 Å². The van der Waals surface area contributed by atoms with Crippen LogP contribution in [0.25, 0.3) is 0 Å². The van der Waals surface area contributed by atoms with Gasteiger partial charge >= 0.3 is 0 Å². The standard InChI is InChI=1S/C14H19NO2/c1-11(2)12-6-7-14(17-3)13(9-12)5-4-8-15-10-16/h6-7,9,11H,4-5,8H2,1-3H3. The first-order chi connectivity index (χ1) is 8.19. The van der Waals surface area contributed by atoms with Gasteiger partial charge in [-0.05, 0) is 36.0 Å². The number of isocyanates is 1. The molecule has 1 aromatic rings. The lowest BCUT2D eigenvalue weighted by molar-refractivity contribution is 0.409. The number of rotatable bonds is 6. The molecule has 1 aromatic carbocycles. The third kappa shape index (κ3) is 4.04. The van der Waals surface area contributed by atoms with E-state index in [0.717, 1.165) is 18.6 Å². The number of hydrogen-bond acceptors (Lipinski definition) is 3. The Bertz CT molecular complexity index is 407. The molecule has 3 nitrogen and oxygen atoms in total. The van der Waals surface area contributed by atoms with Crippen molar-refractivity contribution in [3.63, 3.8) is 0 Å². The fourth-order valence-corrected chi connectivity index (χ4v) is 1.75. The highest BCUT2D eigenvalue weighted by Crippen LogP contribution is 2.25. The first kappa shape index (κ1) is 13.5. The highest BCUT2D eigenvalue weighted by Gasteiger charge is 2.06. The van der Waals surface area contributed by atoms with Gasteiger partial charge in [-0.2, -0.15) is 0 Å². The van der Waals surface area contributed by atoms with Crippen molar-refractivity contribution in [1.29, 1.82) is 0 Å². The summed E-state index contributed by atoms with van der Waals surface area (Å²) in [5.41, 5.74) is 2.49. The molecule has 0 saturated carbocycles. The van der Waals surface area contributed by atoms with Crippen LogP contribution in [0, 0.1) is 0 Å². The topological polar surface area (TPSA) is 38.7 Å². The van der Waals surface area contributed by atoms with Crippen LogP contribution in [-0.4, -0.2) is 19.7 Å². The SMILES string of the molecule is COc1ccc(C(C)C)cc1CCCN=C=O. The molecule has 0 N–H and O–H groups in total. The van der Waals surface area contributed by atoms with Gasteiger partial charge in [0, 0.05) is 0 Å². The van der Waals surface area contributed by atoms with Gasteiger partial charge in [0.15, 0.2) is 0 Å². The molecule has 92 valence electrons. The summed E-state index contributed by atoms with van der Waals surface area (Å²) >= 11 is 0. The molecule has 0 fully saturated rings. The predicted octanol–water partition coefficient (Wildman–Crippen LogP) is 3.09. The largest absolute Gasteiger partial charge is 0.496 e. The quantitative estimate of drug-likeness (QED) is 0.430. The Morgan fingerprint density at radius 3 is 2.76 bits per heavy atom. The third-order valence-corrected chi connectivity index (χ3v) is 2.75. The molecule has 0 saturated heterocycles. The molecular weight excluding hydrogens is 214 g/mol. The maximum atomic E-state index is 9.97. The highest BCUT2D eigenvalue weighted by molar-refractivity contribution is 5.38. The van der Waals surface area contributed by atoms with E-state index in [2.05, 4.69) is 31.0 Å². The summed E-state index contributed by atoms with van der Waals surface area (Å²) in [6, 6.07) is 6.28. The summed E-state index contributed by atoms with van der Waals surface area (Å²) in [6.07, 6.45) is 3.27. The maximum absolute atomic E-state index is 9.97. The van der Waals surface area contributed by atoms with E-state index >= 15 is 0 Å². The normalized spacial score (nSPS) is 10.1. The van der Waals surface area contributed by atoms with E-state index in [1.165, 1.54) is 11.1 Å². The van der Waals surface area contributed by atoms with Crippen LogP contribution in [0.2, 0.25) is 0 Å². The van der Waals surface area contributed by atoms with Gasteiger partial charge in [-0.3, -0.25) is 0 Å². The van der Waals surface area contributed by atoms with Crippen LogP contribution < -0.4 is 4.74 Å². The van der Waals surface area contributed by atoms with Crippen molar-refractivity contribution in [1.82, 2.24) is 0 Å². The number of nitrogens with zero attached hydrogens (tertiary/aromatic N) is 1. The molecule has 0 radical (unpaired) electrons. The minimum atomic E-state index is 0.507. The molecular formula is C14H19NO2. The molecule has 0 aliphatic carbocycles. The predicted molar refractivity (Wildman–Crippen MR) is 68.4 cm³/mol. The van der Waals surface area contributed by atoms with E-state index in [1.807, 2.05) is 6.07 Å². The number of methoxy groups -OCH3 is 1. The Labute approximate surface area is 103 Å². The Morgan fingerprint density at radius 2 is 2.18 bits per heavy atom. The van der Waals surface area contributed by atoms with Crippen LogP contribution in [0.15, 0.2) is 23.2 Å². The fraction of sp³-hybridized carbons (Fsp3) is 0.500. The lowest BCUT2D eigenvalue weighted by atomic mass is 9.98. The molecule has 0 bridgehead atoms. The van der Waals surface area contributed by atoms with Gasteiger partial charge < -0.3 is 4.74 Å². The first-order valence-electron chi connectivity index (χ1n) is 5.89. The molecule has 0 atom stereocenters. The van der Waals surface area contributed by atoms with Gasteiger partial charge in [0.25, 0.3) is 0 Å². The average molecular weight is 233 g/mol. The smallest absolute Gasteiger partial charge is 0.234 e. The van der Waals surface area contributed by atoms with Crippen molar-refractivity contribution in [2.45, 2.75) is 32.6 Å². The number of hydrogen-bond donors (Lipinski definition) is 0. The average Bonchev–Trinajstić information content (AvgIpc) is 2.34. The number of aliphatic imine (C=N–C) groups is 1. The van der Waals surface area contributed by atoms with Crippen LogP contribution in [0.3, 0.4) is 0 Å². The molecule has 0 heterocycles. The highest BCUT2D eigenvalue weighted by atomic mass is 16.5. The van der Waals surface area contributed by atoms with Gasteiger partial charge in [-0.1, -0.05) is 26.0 Å². The Balaban J connectivity index is 2.78. The van der Waals surface area contributed by atoms with Crippen molar-refractivity contribution in [2.24, 2.45) is 4.99 Å². The maximum Gasteiger partial charge on any atom is 0.234 e. The summed E-state index contributed by atoms with van der Waals surface area (Å²) in [5.74, 6) is 1.41. The number of benzene rings is 1. The summed E-state index contributed by atoms with van der Waals surface area (Å²) in [4.78, 5) is 13.5. The molecule has 0 spiro atoms. The minimum Gasteiger partial charge on any atom is -0.496 e. The zero-order valence-corrected chi connectivity index (χ0v) is 10.7. The van der Waals surface area contributed by atoms with Crippen molar-refractivity contribution in [3.05, 3.63) is 29.3 Å². The first-order valence-corrected chi connectivity index (χ1v) is 5.89. The number of carbonyl (C=O) groups excluding carboxylic acids is 1. The van der Waals surface area contributed by atoms with Gasteiger partial charge in [0.1, 0.15) is 5.75 Å². The lowest BCUT2D eigenvalue weighted by Gasteiger charge is -2.12. The van der Waals surface area contributed by atoms with E-state index in [-0.39, 0.29) is 0 Å².